The molecule has 0 amide bonds. The van der Waals surface area contributed by atoms with Crippen molar-refractivity contribution < 1.29 is 0 Å². The van der Waals surface area contributed by atoms with Crippen molar-refractivity contribution in [2.45, 2.75) is 26.8 Å². The fourth-order valence-corrected chi connectivity index (χ4v) is 3.50. The minimum Gasteiger partial charge on any atom is -0.350 e. The number of aromatic nitrogens is 4. The van der Waals surface area contributed by atoms with E-state index in [4.69, 9.17) is 0 Å². The zero-order chi connectivity index (χ0) is 15.8. The first-order valence-corrected chi connectivity index (χ1v) is 8.42. The van der Waals surface area contributed by atoms with Crippen molar-refractivity contribution in [3.8, 4) is 10.4 Å². The second-order valence-corrected chi connectivity index (χ2v) is 6.69. The highest BCUT2D eigenvalue weighted by atomic mass is 32.1. The molecule has 0 bridgehead atoms. The molecule has 3 aromatic rings. The van der Waals surface area contributed by atoms with Gasteiger partial charge in [-0.15, -0.1) is 5.10 Å². The van der Waals surface area contributed by atoms with Gasteiger partial charge in [0.25, 0.3) is 0 Å². The first-order valence-electron chi connectivity index (χ1n) is 7.65. The Labute approximate surface area is 139 Å². The van der Waals surface area contributed by atoms with E-state index >= 15 is 0 Å². The van der Waals surface area contributed by atoms with Gasteiger partial charge in [-0.05, 0) is 54.2 Å². The third-order valence-corrected chi connectivity index (χ3v) is 5.19. The van der Waals surface area contributed by atoms with Crippen LogP contribution in [0.25, 0.3) is 10.4 Å². The summed E-state index contributed by atoms with van der Waals surface area (Å²) in [6.07, 6.45) is 6.55. The molecule has 1 aliphatic heterocycles. The Balaban J connectivity index is 1.68. The van der Waals surface area contributed by atoms with Crippen molar-refractivity contribution in [3.05, 3.63) is 53.1 Å². The maximum Gasteiger partial charge on any atom is 0.154 e. The second kappa shape index (κ2) is 5.70. The largest absolute Gasteiger partial charge is 0.350 e. The van der Waals surface area contributed by atoms with Crippen LogP contribution in [0.15, 0.2) is 30.7 Å². The monoisotopic (exact) mass is 323 g/mol. The third kappa shape index (κ3) is 2.59. The van der Waals surface area contributed by atoms with Gasteiger partial charge >= 0.3 is 0 Å². The van der Waals surface area contributed by atoms with Gasteiger partial charge in [0.15, 0.2) is 5.82 Å². The van der Waals surface area contributed by atoms with Gasteiger partial charge in [-0.3, -0.25) is 4.98 Å². The van der Waals surface area contributed by atoms with Crippen molar-refractivity contribution in [3.63, 3.8) is 0 Å². The lowest BCUT2D eigenvalue weighted by atomic mass is 10.0. The summed E-state index contributed by atoms with van der Waals surface area (Å²) in [6.45, 7) is 5.95. The molecule has 0 atom stereocenters. The maximum absolute atomic E-state index is 4.66. The van der Waals surface area contributed by atoms with Crippen LogP contribution in [-0.4, -0.2) is 26.1 Å². The van der Waals surface area contributed by atoms with Crippen LogP contribution in [0.1, 0.15) is 22.4 Å². The van der Waals surface area contributed by atoms with Gasteiger partial charge in [0, 0.05) is 43.2 Å². The van der Waals surface area contributed by atoms with E-state index in [9.17, 15) is 0 Å². The molecule has 4 rings (SSSR count). The minimum atomic E-state index is 0.827. The molecule has 0 N–H and O–H groups in total. The highest BCUT2D eigenvalue weighted by molar-refractivity contribution is 7.09. The van der Waals surface area contributed by atoms with Gasteiger partial charge < -0.3 is 4.90 Å². The Morgan fingerprint density at radius 3 is 2.96 bits per heavy atom. The van der Waals surface area contributed by atoms with Crippen molar-refractivity contribution in [2.75, 3.05) is 11.4 Å². The molecule has 23 heavy (non-hydrogen) atoms. The quantitative estimate of drug-likeness (QED) is 0.725. The Hall–Kier alpha value is -2.34. The van der Waals surface area contributed by atoms with Gasteiger partial charge in [0.2, 0.25) is 0 Å². The second-order valence-electron chi connectivity index (χ2n) is 5.85. The maximum atomic E-state index is 4.66. The van der Waals surface area contributed by atoms with Crippen LogP contribution in [0, 0.1) is 13.8 Å². The van der Waals surface area contributed by atoms with Crippen LogP contribution in [0.3, 0.4) is 0 Å². The topological polar surface area (TPSA) is 54.8 Å². The summed E-state index contributed by atoms with van der Waals surface area (Å²) in [5.74, 6) is 0.985. The normalized spacial score (nSPS) is 13.9. The van der Waals surface area contributed by atoms with Gasteiger partial charge in [-0.2, -0.15) is 5.10 Å². The summed E-state index contributed by atoms with van der Waals surface area (Å²) < 4.78 is 4.18. The number of pyridine rings is 1. The molecule has 0 aromatic carbocycles. The number of anilines is 1. The minimum absolute atomic E-state index is 0.827. The predicted molar refractivity (Wildman–Crippen MR) is 91.6 cm³/mol. The van der Waals surface area contributed by atoms with E-state index in [-0.39, 0.29) is 0 Å². The molecule has 0 saturated carbocycles. The van der Waals surface area contributed by atoms with E-state index in [1.54, 1.807) is 0 Å². The number of hydrogen-bond donors (Lipinski definition) is 0. The van der Waals surface area contributed by atoms with Crippen LogP contribution >= 0.6 is 11.5 Å². The highest BCUT2D eigenvalue weighted by Crippen LogP contribution is 2.29. The predicted octanol–water partition coefficient (Wildman–Crippen LogP) is 3.17. The van der Waals surface area contributed by atoms with E-state index in [0.717, 1.165) is 35.8 Å². The van der Waals surface area contributed by atoms with Crippen LogP contribution in [-0.2, 0) is 13.0 Å². The van der Waals surface area contributed by atoms with Gasteiger partial charge in [-0.1, -0.05) is 0 Å². The molecule has 0 spiro atoms. The highest BCUT2D eigenvalue weighted by Gasteiger charge is 2.21. The summed E-state index contributed by atoms with van der Waals surface area (Å²) in [7, 11) is 0. The Bertz CT molecular complexity index is 844. The summed E-state index contributed by atoms with van der Waals surface area (Å²) in [6, 6.07) is 4.27. The average molecular weight is 323 g/mol. The molecule has 0 radical (unpaired) electrons. The molecule has 0 saturated heterocycles. The smallest absolute Gasteiger partial charge is 0.154 e. The van der Waals surface area contributed by atoms with Gasteiger partial charge in [0.05, 0.1) is 11.1 Å². The molecular weight excluding hydrogens is 306 g/mol. The lowest BCUT2D eigenvalue weighted by Gasteiger charge is -2.30. The van der Waals surface area contributed by atoms with E-state index in [1.165, 1.54) is 33.9 Å². The fourth-order valence-electron chi connectivity index (χ4n) is 2.93. The number of aryl methyl sites for hydroxylation is 1. The number of hydrogen-bond acceptors (Lipinski definition) is 6. The summed E-state index contributed by atoms with van der Waals surface area (Å²) >= 11 is 1.50. The van der Waals surface area contributed by atoms with Crippen LogP contribution in [0.2, 0.25) is 0 Å². The molecule has 4 heterocycles. The molecule has 0 unspecified atom stereocenters. The van der Waals surface area contributed by atoms with E-state index in [1.807, 2.05) is 24.7 Å². The van der Waals surface area contributed by atoms with Gasteiger partial charge in [0.1, 0.15) is 0 Å². The fraction of sp³-hybridized carbons (Fsp3) is 0.294. The molecule has 116 valence electrons. The first-order chi connectivity index (χ1) is 11.2. The Morgan fingerprint density at radius 1 is 1.22 bits per heavy atom. The SMILES string of the molecule is Cc1cnnc(N2CCc3ncc(-c4ccns4)cc3C2)c1C. The molecule has 6 heteroatoms. The van der Waals surface area contributed by atoms with Crippen molar-refractivity contribution in [2.24, 2.45) is 0 Å². The number of rotatable bonds is 2. The summed E-state index contributed by atoms with van der Waals surface area (Å²) in [4.78, 5) is 8.12. The third-order valence-electron chi connectivity index (χ3n) is 4.39. The molecule has 0 aliphatic carbocycles. The van der Waals surface area contributed by atoms with Crippen LogP contribution < -0.4 is 4.90 Å². The zero-order valence-electron chi connectivity index (χ0n) is 13.2. The summed E-state index contributed by atoms with van der Waals surface area (Å²) in [5, 5.41) is 8.48. The number of nitrogens with zero attached hydrogens (tertiary/aromatic N) is 5. The molecule has 1 aliphatic rings. The first kappa shape index (κ1) is 14.3. The van der Waals surface area contributed by atoms with Crippen molar-refractivity contribution >= 4 is 17.4 Å². The molecule has 0 fully saturated rings. The number of fused-ring (bicyclic) bond motifs is 1. The lowest BCUT2D eigenvalue weighted by molar-refractivity contribution is 0.692. The molecule has 5 nitrogen and oxygen atoms in total. The Kier molecular flexibility index (Phi) is 3.53. The molecular formula is C17H17N5S. The standard InChI is InChI=1S/C17H17N5S/c1-11-8-19-21-17(12(11)2)22-6-4-15-14(10-22)7-13(9-18-15)16-3-5-20-23-16/h3,5,7-9H,4,6,10H2,1-2H3. The molecule has 3 aromatic heterocycles. The van der Waals surface area contributed by atoms with Gasteiger partial charge in [-0.25, -0.2) is 4.37 Å². The Morgan fingerprint density at radius 2 is 2.13 bits per heavy atom. The van der Waals surface area contributed by atoms with E-state index in [2.05, 4.69) is 44.4 Å². The summed E-state index contributed by atoms with van der Waals surface area (Å²) in [5.41, 5.74) is 5.98. The van der Waals surface area contributed by atoms with Crippen LogP contribution in [0.4, 0.5) is 5.82 Å². The van der Waals surface area contributed by atoms with Crippen molar-refractivity contribution in [1.29, 1.82) is 0 Å². The van der Waals surface area contributed by atoms with E-state index in [0.29, 0.717) is 0 Å². The average Bonchev–Trinajstić information content (AvgIpc) is 3.11. The lowest BCUT2D eigenvalue weighted by Crippen LogP contribution is -2.32. The van der Waals surface area contributed by atoms with Crippen molar-refractivity contribution in [1.82, 2.24) is 19.6 Å². The zero-order valence-corrected chi connectivity index (χ0v) is 14.0. The van der Waals surface area contributed by atoms with E-state index < -0.39 is 0 Å². The van der Waals surface area contributed by atoms with Crippen LogP contribution in [0.5, 0.6) is 0 Å².